The maximum Gasteiger partial charge on any atom is 0.221 e. The molecule has 122 valence electrons. The average Bonchev–Trinajstić information content (AvgIpc) is 2.42. The summed E-state index contributed by atoms with van der Waals surface area (Å²) in [4.78, 5) is 23.9. The van der Waals surface area contributed by atoms with Crippen molar-refractivity contribution < 1.29 is 19.4 Å². The van der Waals surface area contributed by atoms with Crippen molar-refractivity contribution in [3.05, 3.63) is 29.8 Å². The SMILES string of the molecule is CC(=O)N(C[C@H](O)COc1ccc(CC(N)=O)cc1)C(C)C. The Labute approximate surface area is 130 Å². The third-order valence-electron chi connectivity index (χ3n) is 3.18. The molecule has 0 spiro atoms. The van der Waals surface area contributed by atoms with Gasteiger partial charge in [0.2, 0.25) is 11.8 Å². The first-order valence-corrected chi connectivity index (χ1v) is 7.25. The summed E-state index contributed by atoms with van der Waals surface area (Å²) in [5, 5.41) is 9.97. The van der Waals surface area contributed by atoms with Crippen molar-refractivity contribution >= 4 is 11.8 Å². The minimum absolute atomic E-state index is 0.0280. The fourth-order valence-electron chi connectivity index (χ4n) is 2.08. The lowest BCUT2D eigenvalue weighted by molar-refractivity contribution is -0.132. The van der Waals surface area contributed by atoms with Crippen molar-refractivity contribution in [1.82, 2.24) is 4.90 Å². The molecule has 6 nitrogen and oxygen atoms in total. The van der Waals surface area contributed by atoms with Crippen LogP contribution in [0.4, 0.5) is 0 Å². The predicted molar refractivity (Wildman–Crippen MR) is 83.4 cm³/mol. The van der Waals surface area contributed by atoms with Crippen molar-refractivity contribution in [2.24, 2.45) is 5.73 Å². The third-order valence-corrected chi connectivity index (χ3v) is 3.18. The lowest BCUT2D eigenvalue weighted by Gasteiger charge is -2.27. The highest BCUT2D eigenvalue weighted by Gasteiger charge is 2.17. The summed E-state index contributed by atoms with van der Waals surface area (Å²) in [5.74, 6) is 0.123. The molecule has 0 aliphatic carbocycles. The summed E-state index contributed by atoms with van der Waals surface area (Å²) >= 11 is 0. The van der Waals surface area contributed by atoms with Crippen molar-refractivity contribution in [2.45, 2.75) is 39.3 Å². The zero-order valence-corrected chi connectivity index (χ0v) is 13.3. The van der Waals surface area contributed by atoms with E-state index in [2.05, 4.69) is 0 Å². The van der Waals surface area contributed by atoms with E-state index < -0.39 is 6.10 Å². The van der Waals surface area contributed by atoms with Gasteiger partial charge in [0, 0.05) is 13.0 Å². The smallest absolute Gasteiger partial charge is 0.221 e. The Bertz CT molecular complexity index is 499. The minimum Gasteiger partial charge on any atom is -0.491 e. The second kappa shape index (κ2) is 8.38. The van der Waals surface area contributed by atoms with Gasteiger partial charge >= 0.3 is 0 Å². The molecule has 1 atom stereocenters. The van der Waals surface area contributed by atoms with Gasteiger partial charge in [-0.1, -0.05) is 12.1 Å². The number of rotatable bonds is 8. The molecule has 0 heterocycles. The van der Waals surface area contributed by atoms with E-state index in [-0.39, 0.29) is 37.4 Å². The average molecular weight is 308 g/mol. The summed E-state index contributed by atoms with van der Waals surface area (Å²) in [5.41, 5.74) is 5.93. The highest BCUT2D eigenvalue weighted by atomic mass is 16.5. The number of hydrogen-bond acceptors (Lipinski definition) is 4. The van der Waals surface area contributed by atoms with E-state index in [0.717, 1.165) is 5.56 Å². The molecule has 0 unspecified atom stereocenters. The molecule has 0 aliphatic rings. The van der Waals surface area contributed by atoms with Gasteiger partial charge in [-0.05, 0) is 31.5 Å². The van der Waals surface area contributed by atoms with E-state index in [4.69, 9.17) is 10.5 Å². The number of nitrogens with two attached hydrogens (primary N) is 1. The number of nitrogens with zero attached hydrogens (tertiary/aromatic N) is 1. The molecule has 0 aliphatic heterocycles. The first-order chi connectivity index (χ1) is 10.3. The Balaban J connectivity index is 2.48. The lowest BCUT2D eigenvalue weighted by Crippen LogP contribution is -2.42. The third kappa shape index (κ3) is 6.13. The zero-order valence-electron chi connectivity index (χ0n) is 13.3. The number of aliphatic hydroxyl groups is 1. The van der Waals surface area contributed by atoms with E-state index in [1.165, 1.54) is 6.92 Å². The van der Waals surface area contributed by atoms with Gasteiger partial charge in [0.05, 0.1) is 13.0 Å². The van der Waals surface area contributed by atoms with Crippen molar-refractivity contribution in [1.29, 1.82) is 0 Å². The standard InChI is InChI=1S/C16H24N2O4/c1-11(2)18(12(3)19)9-14(20)10-22-15-6-4-13(5-7-15)8-16(17)21/h4-7,11,14,20H,8-10H2,1-3H3,(H2,17,21)/t14-/m0/s1. The minimum atomic E-state index is -0.767. The van der Waals surface area contributed by atoms with Crippen LogP contribution in [0.15, 0.2) is 24.3 Å². The Morgan fingerprint density at radius 2 is 1.86 bits per heavy atom. The van der Waals surface area contributed by atoms with Crippen molar-refractivity contribution in [3.63, 3.8) is 0 Å². The van der Waals surface area contributed by atoms with Crippen LogP contribution < -0.4 is 10.5 Å². The number of ether oxygens (including phenoxy) is 1. The Morgan fingerprint density at radius 3 is 2.32 bits per heavy atom. The second-order valence-electron chi connectivity index (χ2n) is 5.52. The molecule has 0 saturated heterocycles. The number of benzene rings is 1. The molecule has 3 N–H and O–H groups in total. The molecule has 2 amide bonds. The first-order valence-electron chi connectivity index (χ1n) is 7.25. The van der Waals surface area contributed by atoms with E-state index in [1.807, 2.05) is 13.8 Å². The molecule has 0 radical (unpaired) electrons. The summed E-state index contributed by atoms with van der Waals surface area (Å²) in [7, 11) is 0. The molecule has 1 rings (SSSR count). The topological polar surface area (TPSA) is 92.9 Å². The number of amides is 2. The summed E-state index contributed by atoms with van der Waals surface area (Å²) in [6.07, 6.45) is -0.582. The number of primary amides is 1. The summed E-state index contributed by atoms with van der Waals surface area (Å²) in [6, 6.07) is 6.97. The van der Waals surface area contributed by atoms with Crippen LogP contribution >= 0.6 is 0 Å². The molecule has 0 saturated carbocycles. The Morgan fingerprint density at radius 1 is 1.27 bits per heavy atom. The van der Waals surface area contributed by atoms with E-state index in [0.29, 0.717) is 5.75 Å². The molecular weight excluding hydrogens is 284 g/mol. The van der Waals surface area contributed by atoms with Crippen molar-refractivity contribution in [3.8, 4) is 5.75 Å². The number of aliphatic hydroxyl groups excluding tert-OH is 1. The molecule has 1 aromatic rings. The maximum absolute atomic E-state index is 11.5. The number of carbonyl (C=O) groups excluding carboxylic acids is 2. The van der Waals surface area contributed by atoms with Gasteiger partial charge in [-0.15, -0.1) is 0 Å². The van der Waals surface area contributed by atoms with E-state index >= 15 is 0 Å². The van der Waals surface area contributed by atoms with E-state index in [9.17, 15) is 14.7 Å². The summed E-state index contributed by atoms with van der Waals surface area (Å²) in [6.45, 7) is 5.59. The molecule has 0 aromatic heterocycles. The fourth-order valence-corrected chi connectivity index (χ4v) is 2.08. The van der Waals surface area contributed by atoms with Gasteiger partial charge in [0.1, 0.15) is 18.5 Å². The van der Waals surface area contributed by atoms with Gasteiger partial charge in [0.15, 0.2) is 0 Å². The molecule has 0 bridgehead atoms. The lowest BCUT2D eigenvalue weighted by atomic mass is 10.1. The normalized spacial score (nSPS) is 12.0. The highest BCUT2D eigenvalue weighted by Crippen LogP contribution is 2.13. The number of hydrogen-bond donors (Lipinski definition) is 2. The Kier molecular flexibility index (Phi) is 6.85. The van der Waals surface area contributed by atoms with Crippen LogP contribution in [0.25, 0.3) is 0 Å². The number of carbonyl (C=O) groups is 2. The van der Waals surface area contributed by atoms with Gasteiger partial charge in [-0.3, -0.25) is 9.59 Å². The van der Waals surface area contributed by atoms with Gasteiger partial charge in [-0.2, -0.15) is 0 Å². The molecule has 0 fully saturated rings. The van der Waals surface area contributed by atoms with E-state index in [1.54, 1.807) is 29.2 Å². The van der Waals surface area contributed by atoms with Crippen LogP contribution in [0, 0.1) is 0 Å². The van der Waals surface area contributed by atoms with Crippen molar-refractivity contribution in [2.75, 3.05) is 13.2 Å². The van der Waals surface area contributed by atoms with Crippen LogP contribution in [0.3, 0.4) is 0 Å². The largest absolute Gasteiger partial charge is 0.491 e. The monoisotopic (exact) mass is 308 g/mol. The molecular formula is C16H24N2O4. The first kappa shape index (κ1) is 18.0. The molecule has 6 heteroatoms. The quantitative estimate of drug-likeness (QED) is 0.740. The molecule has 22 heavy (non-hydrogen) atoms. The zero-order chi connectivity index (χ0) is 16.7. The van der Waals surface area contributed by atoms with Crippen LogP contribution in [-0.4, -0.2) is 47.1 Å². The fraction of sp³-hybridized carbons (Fsp3) is 0.500. The van der Waals surface area contributed by atoms with Crippen LogP contribution in [-0.2, 0) is 16.0 Å². The van der Waals surface area contributed by atoms with Gasteiger partial charge in [0.25, 0.3) is 0 Å². The molecule has 1 aromatic carbocycles. The maximum atomic E-state index is 11.5. The summed E-state index contributed by atoms with van der Waals surface area (Å²) < 4.78 is 5.48. The van der Waals surface area contributed by atoms with Crippen LogP contribution in [0.5, 0.6) is 5.75 Å². The van der Waals surface area contributed by atoms with Gasteiger partial charge < -0.3 is 20.5 Å². The second-order valence-corrected chi connectivity index (χ2v) is 5.52. The van der Waals surface area contributed by atoms with Gasteiger partial charge in [-0.25, -0.2) is 0 Å². The Hall–Kier alpha value is -2.08. The predicted octanol–water partition coefficient (Wildman–Crippen LogP) is 0.711. The van der Waals surface area contributed by atoms with Crippen LogP contribution in [0.2, 0.25) is 0 Å². The van der Waals surface area contributed by atoms with Crippen LogP contribution in [0.1, 0.15) is 26.3 Å². The highest BCUT2D eigenvalue weighted by molar-refractivity contribution is 5.76.